The number of halogens is 1. The van der Waals surface area contributed by atoms with Gasteiger partial charge in [-0.1, -0.05) is 0 Å². The van der Waals surface area contributed by atoms with Crippen molar-refractivity contribution in [2.75, 3.05) is 19.8 Å². The largest absolute Gasteiger partial charge is 0.379 e. The zero-order chi connectivity index (χ0) is 10.7. The third-order valence-corrected chi connectivity index (χ3v) is 3.27. The fraction of sp³-hybridized carbons (Fsp3) is 0.909. The molecule has 1 amide bonds. The van der Waals surface area contributed by atoms with Crippen molar-refractivity contribution >= 4 is 18.3 Å². The average molecular weight is 249 g/mol. The van der Waals surface area contributed by atoms with E-state index in [1.807, 2.05) is 0 Å². The molecule has 2 rings (SSSR count). The predicted octanol–water partition coefficient (Wildman–Crippen LogP) is 0.701. The summed E-state index contributed by atoms with van der Waals surface area (Å²) in [6.45, 7) is 4.57. The van der Waals surface area contributed by atoms with Crippen molar-refractivity contribution in [2.45, 2.75) is 38.3 Å². The van der Waals surface area contributed by atoms with Crippen molar-refractivity contribution < 1.29 is 9.53 Å². The number of carbonyl (C=O) groups excluding carboxylic acids is 1. The number of amides is 1. The first kappa shape index (κ1) is 13.7. The van der Waals surface area contributed by atoms with E-state index in [-0.39, 0.29) is 30.3 Å². The maximum atomic E-state index is 11.9. The van der Waals surface area contributed by atoms with Crippen LogP contribution in [0.15, 0.2) is 0 Å². The maximum Gasteiger partial charge on any atom is 0.223 e. The van der Waals surface area contributed by atoms with Gasteiger partial charge in [-0.25, -0.2) is 0 Å². The molecular formula is C11H21ClN2O2. The Hall–Kier alpha value is -0.320. The Morgan fingerprint density at radius 3 is 2.88 bits per heavy atom. The molecule has 2 saturated heterocycles. The van der Waals surface area contributed by atoms with Crippen LogP contribution < -0.4 is 10.6 Å². The topological polar surface area (TPSA) is 50.4 Å². The standard InChI is InChI=1S/C11H20N2O2.ClH/c1-8-6-9(2-4-12-8)11(14)13-10-3-5-15-7-10;/h8-10,12H,2-7H2,1H3,(H,13,14);1H/t8-,9-,10?;/m0./s1. The molecule has 2 aliphatic rings. The van der Waals surface area contributed by atoms with Gasteiger partial charge in [-0.3, -0.25) is 4.79 Å². The van der Waals surface area contributed by atoms with Crippen molar-refractivity contribution in [1.82, 2.24) is 10.6 Å². The highest BCUT2D eigenvalue weighted by atomic mass is 35.5. The number of nitrogens with one attached hydrogen (secondary N) is 2. The molecule has 5 heteroatoms. The molecule has 0 bridgehead atoms. The van der Waals surface area contributed by atoms with Crippen LogP contribution in [0.2, 0.25) is 0 Å². The Labute approximate surface area is 103 Å². The van der Waals surface area contributed by atoms with Gasteiger partial charge in [-0.15, -0.1) is 12.4 Å². The first-order valence-electron chi connectivity index (χ1n) is 5.87. The number of hydrogen-bond acceptors (Lipinski definition) is 3. The first-order chi connectivity index (χ1) is 7.25. The smallest absolute Gasteiger partial charge is 0.223 e. The third kappa shape index (κ3) is 3.61. The monoisotopic (exact) mass is 248 g/mol. The molecule has 0 aromatic heterocycles. The minimum Gasteiger partial charge on any atom is -0.379 e. The van der Waals surface area contributed by atoms with E-state index in [4.69, 9.17) is 4.74 Å². The number of hydrogen-bond donors (Lipinski definition) is 2. The second kappa shape index (κ2) is 6.42. The Kier molecular flexibility index (Phi) is 5.52. The molecule has 2 N–H and O–H groups in total. The van der Waals surface area contributed by atoms with Gasteiger partial charge in [0.25, 0.3) is 0 Å². The Balaban J connectivity index is 0.00000128. The maximum absolute atomic E-state index is 11.9. The first-order valence-corrected chi connectivity index (χ1v) is 5.87. The van der Waals surface area contributed by atoms with Crippen molar-refractivity contribution in [3.8, 4) is 0 Å². The summed E-state index contributed by atoms with van der Waals surface area (Å²) in [6.07, 6.45) is 2.88. The Bertz CT molecular complexity index is 232. The van der Waals surface area contributed by atoms with Crippen molar-refractivity contribution in [1.29, 1.82) is 0 Å². The highest BCUT2D eigenvalue weighted by Gasteiger charge is 2.27. The van der Waals surface area contributed by atoms with E-state index in [9.17, 15) is 4.79 Å². The average Bonchev–Trinajstić information content (AvgIpc) is 2.70. The second-order valence-corrected chi connectivity index (χ2v) is 4.65. The Morgan fingerprint density at radius 1 is 1.44 bits per heavy atom. The van der Waals surface area contributed by atoms with Crippen LogP contribution in [0.3, 0.4) is 0 Å². The zero-order valence-corrected chi connectivity index (χ0v) is 10.5. The summed E-state index contributed by atoms with van der Waals surface area (Å²) >= 11 is 0. The van der Waals surface area contributed by atoms with E-state index in [1.54, 1.807) is 0 Å². The van der Waals surface area contributed by atoms with Gasteiger partial charge in [0.1, 0.15) is 0 Å². The summed E-state index contributed by atoms with van der Waals surface area (Å²) in [5.41, 5.74) is 0. The van der Waals surface area contributed by atoms with Crippen LogP contribution in [0, 0.1) is 5.92 Å². The zero-order valence-electron chi connectivity index (χ0n) is 9.70. The van der Waals surface area contributed by atoms with Crippen LogP contribution in [0.4, 0.5) is 0 Å². The lowest BCUT2D eigenvalue weighted by Crippen LogP contribution is -2.45. The summed E-state index contributed by atoms with van der Waals surface area (Å²) < 4.78 is 5.24. The SMILES string of the molecule is C[C@H]1C[C@@H](C(=O)NC2CCOC2)CCN1.Cl. The normalized spacial score (nSPS) is 34.2. The predicted molar refractivity (Wildman–Crippen MR) is 64.8 cm³/mol. The second-order valence-electron chi connectivity index (χ2n) is 4.65. The van der Waals surface area contributed by atoms with Crippen LogP contribution in [-0.4, -0.2) is 37.7 Å². The summed E-state index contributed by atoms with van der Waals surface area (Å²) in [5, 5.41) is 6.43. The fourth-order valence-electron chi connectivity index (χ4n) is 2.34. The molecule has 0 spiro atoms. The molecule has 2 fully saturated rings. The molecule has 0 aromatic carbocycles. The number of ether oxygens (including phenoxy) is 1. The van der Waals surface area contributed by atoms with Gasteiger partial charge >= 0.3 is 0 Å². The summed E-state index contributed by atoms with van der Waals surface area (Å²) in [6, 6.07) is 0.719. The van der Waals surface area contributed by atoms with Gasteiger partial charge < -0.3 is 15.4 Å². The molecule has 16 heavy (non-hydrogen) atoms. The summed E-state index contributed by atoms with van der Waals surface area (Å²) in [7, 11) is 0. The van der Waals surface area contributed by atoms with E-state index >= 15 is 0 Å². The molecule has 3 atom stereocenters. The van der Waals surface area contributed by atoms with E-state index in [0.717, 1.165) is 32.4 Å². The Morgan fingerprint density at radius 2 is 2.25 bits per heavy atom. The summed E-state index contributed by atoms with van der Waals surface area (Å²) in [4.78, 5) is 11.9. The molecule has 0 radical (unpaired) electrons. The van der Waals surface area contributed by atoms with Crippen LogP contribution >= 0.6 is 12.4 Å². The fourth-order valence-corrected chi connectivity index (χ4v) is 2.34. The lowest BCUT2D eigenvalue weighted by atomic mass is 9.92. The van der Waals surface area contributed by atoms with Gasteiger partial charge in [-0.2, -0.15) is 0 Å². The highest BCUT2D eigenvalue weighted by molar-refractivity contribution is 5.85. The van der Waals surface area contributed by atoms with Crippen LogP contribution in [-0.2, 0) is 9.53 Å². The quantitative estimate of drug-likeness (QED) is 0.757. The van der Waals surface area contributed by atoms with Gasteiger partial charge in [0.2, 0.25) is 5.91 Å². The molecule has 1 unspecified atom stereocenters. The van der Waals surface area contributed by atoms with Gasteiger partial charge in [-0.05, 0) is 32.7 Å². The van der Waals surface area contributed by atoms with Crippen LogP contribution in [0.1, 0.15) is 26.2 Å². The van der Waals surface area contributed by atoms with E-state index in [1.165, 1.54) is 0 Å². The molecule has 4 nitrogen and oxygen atoms in total. The number of carbonyl (C=O) groups is 1. The molecular weight excluding hydrogens is 228 g/mol. The van der Waals surface area contributed by atoms with Crippen molar-refractivity contribution in [2.24, 2.45) is 5.92 Å². The molecule has 0 aliphatic carbocycles. The van der Waals surface area contributed by atoms with E-state index in [0.29, 0.717) is 12.6 Å². The van der Waals surface area contributed by atoms with Gasteiger partial charge in [0.05, 0.1) is 12.6 Å². The van der Waals surface area contributed by atoms with Crippen molar-refractivity contribution in [3.05, 3.63) is 0 Å². The molecule has 0 aromatic rings. The molecule has 2 aliphatic heterocycles. The van der Waals surface area contributed by atoms with E-state index in [2.05, 4.69) is 17.6 Å². The van der Waals surface area contributed by atoms with Crippen molar-refractivity contribution in [3.63, 3.8) is 0 Å². The lowest BCUT2D eigenvalue weighted by Gasteiger charge is -2.27. The minimum absolute atomic E-state index is 0. The van der Waals surface area contributed by atoms with E-state index < -0.39 is 0 Å². The van der Waals surface area contributed by atoms with Crippen LogP contribution in [0.5, 0.6) is 0 Å². The third-order valence-electron chi connectivity index (χ3n) is 3.27. The molecule has 94 valence electrons. The molecule has 2 heterocycles. The lowest BCUT2D eigenvalue weighted by molar-refractivity contribution is -0.126. The minimum atomic E-state index is 0. The number of rotatable bonds is 2. The summed E-state index contributed by atoms with van der Waals surface area (Å²) in [5.74, 6) is 0.417. The van der Waals surface area contributed by atoms with Gasteiger partial charge in [0.15, 0.2) is 0 Å². The number of piperidine rings is 1. The molecule has 0 saturated carbocycles. The highest BCUT2D eigenvalue weighted by Crippen LogP contribution is 2.17. The van der Waals surface area contributed by atoms with Gasteiger partial charge in [0, 0.05) is 18.6 Å². The van der Waals surface area contributed by atoms with Crippen LogP contribution in [0.25, 0.3) is 0 Å².